The zero-order chi connectivity index (χ0) is 19.2. The highest BCUT2D eigenvalue weighted by Gasteiger charge is 2.15. The molecule has 3 aromatic rings. The van der Waals surface area contributed by atoms with Crippen LogP contribution in [0.15, 0.2) is 60.9 Å². The summed E-state index contributed by atoms with van der Waals surface area (Å²) >= 11 is 0. The highest BCUT2D eigenvalue weighted by atomic mass is 19.1. The number of hydrogen-bond donors (Lipinski definition) is 2. The molecule has 0 fully saturated rings. The first-order valence-electron chi connectivity index (χ1n) is 8.61. The number of benzene rings is 2. The Morgan fingerprint density at radius 3 is 2.89 bits per heavy atom. The van der Waals surface area contributed by atoms with E-state index < -0.39 is 0 Å². The summed E-state index contributed by atoms with van der Waals surface area (Å²) in [4.78, 5) is 12.5. The number of nitrogens with one attached hydrogen (secondary N) is 1. The summed E-state index contributed by atoms with van der Waals surface area (Å²) < 4.78 is 20.8. The SMILES string of the molecule is C[C@@H](NC(=O)c1cccc(OCCN)c1)c1cnn(-c2ccccc2F)c1. The summed E-state index contributed by atoms with van der Waals surface area (Å²) in [6.45, 7) is 2.63. The number of rotatable bonds is 7. The van der Waals surface area contributed by atoms with Gasteiger partial charge >= 0.3 is 0 Å². The smallest absolute Gasteiger partial charge is 0.251 e. The van der Waals surface area contributed by atoms with Gasteiger partial charge in [0, 0.05) is 23.9 Å². The molecule has 0 saturated carbocycles. The molecule has 1 amide bonds. The van der Waals surface area contributed by atoms with Gasteiger partial charge in [-0.1, -0.05) is 18.2 Å². The lowest BCUT2D eigenvalue weighted by atomic mass is 10.1. The van der Waals surface area contributed by atoms with Crippen molar-refractivity contribution in [3.8, 4) is 11.4 Å². The van der Waals surface area contributed by atoms with Gasteiger partial charge in [0.25, 0.3) is 5.91 Å². The van der Waals surface area contributed by atoms with E-state index >= 15 is 0 Å². The molecule has 140 valence electrons. The van der Waals surface area contributed by atoms with Gasteiger partial charge in [-0.25, -0.2) is 9.07 Å². The molecular formula is C20H21FN4O2. The molecule has 0 bridgehead atoms. The van der Waals surface area contributed by atoms with Crippen molar-refractivity contribution >= 4 is 5.91 Å². The van der Waals surface area contributed by atoms with Gasteiger partial charge in [-0.2, -0.15) is 5.10 Å². The molecule has 0 saturated heterocycles. The quantitative estimate of drug-likeness (QED) is 0.672. The van der Waals surface area contributed by atoms with Gasteiger partial charge in [0.1, 0.15) is 23.9 Å². The highest BCUT2D eigenvalue weighted by molar-refractivity contribution is 5.94. The van der Waals surface area contributed by atoms with E-state index in [1.165, 1.54) is 10.7 Å². The highest BCUT2D eigenvalue weighted by Crippen LogP contribution is 2.18. The fourth-order valence-electron chi connectivity index (χ4n) is 2.60. The van der Waals surface area contributed by atoms with E-state index in [-0.39, 0.29) is 17.8 Å². The van der Waals surface area contributed by atoms with Crippen molar-refractivity contribution in [2.24, 2.45) is 5.73 Å². The minimum atomic E-state index is -0.363. The van der Waals surface area contributed by atoms with Gasteiger partial charge in [-0.15, -0.1) is 0 Å². The summed E-state index contributed by atoms with van der Waals surface area (Å²) in [6, 6.07) is 13.0. The predicted octanol–water partition coefficient (Wildman–Crippen LogP) is 2.84. The van der Waals surface area contributed by atoms with Crippen molar-refractivity contribution in [1.29, 1.82) is 0 Å². The van der Waals surface area contributed by atoms with Crippen molar-refractivity contribution in [2.45, 2.75) is 13.0 Å². The molecule has 1 atom stereocenters. The Morgan fingerprint density at radius 1 is 1.30 bits per heavy atom. The third-order valence-electron chi connectivity index (χ3n) is 4.03. The summed E-state index contributed by atoms with van der Waals surface area (Å²) in [6.07, 6.45) is 3.31. The molecule has 1 heterocycles. The second-order valence-corrected chi connectivity index (χ2v) is 6.03. The Morgan fingerprint density at radius 2 is 2.11 bits per heavy atom. The van der Waals surface area contributed by atoms with Crippen molar-refractivity contribution in [3.05, 3.63) is 77.9 Å². The summed E-state index contributed by atoms with van der Waals surface area (Å²) in [5, 5.41) is 7.10. The number of hydrogen-bond acceptors (Lipinski definition) is 4. The Balaban J connectivity index is 1.70. The average Bonchev–Trinajstić information content (AvgIpc) is 3.17. The molecule has 0 unspecified atom stereocenters. The number of para-hydroxylation sites is 1. The Kier molecular flexibility index (Phi) is 5.83. The summed E-state index contributed by atoms with van der Waals surface area (Å²) in [5.41, 5.74) is 7.03. The zero-order valence-electron chi connectivity index (χ0n) is 14.9. The molecule has 0 aliphatic rings. The van der Waals surface area contributed by atoms with Crippen molar-refractivity contribution in [1.82, 2.24) is 15.1 Å². The summed E-state index contributed by atoms with van der Waals surface area (Å²) in [7, 11) is 0. The van der Waals surface area contributed by atoms with Gasteiger partial charge in [0.05, 0.1) is 12.2 Å². The molecule has 1 aromatic heterocycles. The van der Waals surface area contributed by atoms with Crippen LogP contribution in [0.1, 0.15) is 28.9 Å². The summed E-state index contributed by atoms with van der Waals surface area (Å²) in [5.74, 6) is -0.00871. The molecule has 3 N–H and O–H groups in total. The van der Waals surface area contributed by atoms with Crippen molar-refractivity contribution in [2.75, 3.05) is 13.2 Å². The number of amides is 1. The van der Waals surface area contributed by atoms with E-state index in [0.717, 1.165) is 5.56 Å². The molecule has 3 rings (SSSR count). The lowest BCUT2D eigenvalue weighted by Gasteiger charge is -2.13. The van der Waals surface area contributed by atoms with E-state index in [0.29, 0.717) is 30.2 Å². The minimum Gasteiger partial charge on any atom is -0.492 e. The number of carbonyl (C=O) groups is 1. The van der Waals surface area contributed by atoms with Gasteiger partial charge in [-0.05, 0) is 37.3 Å². The van der Waals surface area contributed by atoms with Crippen molar-refractivity contribution in [3.63, 3.8) is 0 Å². The molecule has 0 aliphatic heterocycles. The number of ether oxygens (including phenoxy) is 1. The van der Waals surface area contributed by atoms with Crippen LogP contribution in [0, 0.1) is 5.82 Å². The largest absolute Gasteiger partial charge is 0.492 e. The van der Waals surface area contributed by atoms with E-state index in [2.05, 4.69) is 10.4 Å². The number of nitrogens with zero attached hydrogens (tertiary/aromatic N) is 2. The zero-order valence-corrected chi connectivity index (χ0v) is 14.9. The predicted molar refractivity (Wildman–Crippen MR) is 100 cm³/mol. The van der Waals surface area contributed by atoms with E-state index in [1.54, 1.807) is 54.9 Å². The first-order chi connectivity index (χ1) is 13.1. The topological polar surface area (TPSA) is 82.2 Å². The molecule has 7 heteroatoms. The van der Waals surface area contributed by atoms with Crippen LogP contribution in [-0.2, 0) is 0 Å². The normalized spacial score (nSPS) is 11.8. The number of halogens is 1. The number of carbonyl (C=O) groups excluding carboxylic acids is 1. The standard InChI is InChI=1S/C20H21FN4O2/c1-14(16-12-23-25(13-16)19-8-3-2-7-18(19)21)24-20(26)15-5-4-6-17(11-15)27-10-9-22/h2-8,11-14H,9-10,22H2,1H3,(H,24,26)/t14-/m1/s1. The van der Waals surface area contributed by atoms with Crippen LogP contribution in [0.4, 0.5) is 4.39 Å². The lowest BCUT2D eigenvalue weighted by Crippen LogP contribution is -2.26. The van der Waals surface area contributed by atoms with Crippen molar-refractivity contribution < 1.29 is 13.9 Å². The Labute approximate surface area is 156 Å². The average molecular weight is 368 g/mol. The molecule has 2 aromatic carbocycles. The number of aromatic nitrogens is 2. The molecular weight excluding hydrogens is 347 g/mol. The van der Waals surface area contributed by atoms with Crippen LogP contribution >= 0.6 is 0 Å². The third-order valence-corrected chi connectivity index (χ3v) is 4.03. The van der Waals surface area contributed by atoms with Crippen LogP contribution in [0.25, 0.3) is 5.69 Å². The maximum absolute atomic E-state index is 13.9. The fraction of sp³-hybridized carbons (Fsp3) is 0.200. The van der Waals surface area contributed by atoms with Gasteiger partial charge < -0.3 is 15.8 Å². The van der Waals surface area contributed by atoms with E-state index in [9.17, 15) is 9.18 Å². The maximum Gasteiger partial charge on any atom is 0.251 e. The maximum atomic E-state index is 13.9. The molecule has 6 nitrogen and oxygen atoms in total. The Hall–Kier alpha value is -3.19. The van der Waals surface area contributed by atoms with Gasteiger partial charge in [-0.3, -0.25) is 4.79 Å². The van der Waals surface area contributed by atoms with Crippen LogP contribution in [0.5, 0.6) is 5.75 Å². The minimum absolute atomic E-state index is 0.237. The van der Waals surface area contributed by atoms with Crippen LogP contribution in [0.2, 0.25) is 0 Å². The molecule has 0 radical (unpaired) electrons. The first-order valence-corrected chi connectivity index (χ1v) is 8.61. The van der Waals surface area contributed by atoms with E-state index in [1.807, 2.05) is 6.92 Å². The van der Waals surface area contributed by atoms with Gasteiger partial charge in [0.2, 0.25) is 0 Å². The number of nitrogens with two attached hydrogens (primary N) is 1. The van der Waals surface area contributed by atoms with Crippen LogP contribution in [-0.4, -0.2) is 28.8 Å². The Bertz CT molecular complexity index is 926. The van der Waals surface area contributed by atoms with Crippen LogP contribution in [0.3, 0.4) is 0 Å². The third kappa shape index (κ3) is 4.51. The second-order valence-electron chi connectivity index (χ2n) is 6.03. The molecule has 0 aliphatic carbocycles. The van der Waals surface area contributed by atoms with Crippen LogP contribution < -0.4 is 15.8 Å². The first kappa shape index (κ1) is 18.6. The molecule has 27 heavy (non-hydrogen) atoms. The van der Waals surface area contributed by atoms with E-state index in [4.69, 9.17) is 10.5 Å². The second kappa shape index (κ2) is 8.46. The molecule has 0 spiro atoms. The fourth-order valence-corrected chi connectivity index (χ4v) is 2.60. The lowest BCUT2D eigenvalue weighted by molar-refractivity contribution is 0.0939. The van der Waals surface area contributed by atoms with Gasteiger partial charge in [0.15, 0.2) is 0 Å². The monoisotopic (exact) mass is 368 g/mol.